The Morgan fingerprint density at radius 2 is 1.30 bits per heavy atom. The van der Waals surface area contributed by atoms with E-state index in [1.165, 1.54) is 25.2 Å². The molecule has 4 aliphatic rings. The minimum Gasteiger partial charge on any atom is -0.507 e. The number of aromatic hydroxyl groups is 1. The van der Waals surface area contributed by atoms with Gasteiger partial charge >= 0.3 is 0 Å². The summed E-state index contributed by atoms with van der Waals surface area (Å²) in [5.74, 6) is -5.68. The van der Waals surface area contributed by atoms with Crippen molar-refractivity contribution in [2.45, 2.75) is 32.6 Å². The van der Waals surface area contributed by atoms with Crippen molar-refractivity contribution in [2.75, 3.05) is 24.0 Å². The topological polar surface area (TPSA) is 113 Å². The SMILES string of the molecule is COc1cc(O)c(C2C3=CCC4C(=O)N(c5ccc(C)c(Cl)c5)C(=O)C4C3CC3C(=O)N(c4ccc(C)c(Cl)c4)C(=O)C32)c(OC)c1. The summed E-state index contributed by atoms with van der Waals surface area (Å²) in [6, 6.07) is 13.2. The zero-order valence-electron chi connectivity index (χ0n) is 26.1. The highest BCUT2D eigenvalue weighted by atomic mass is 35.5. The van der Waals surface area contributed by atoms with E-state index < -0.39 is 47.3 Å². The molecule has 3 aromatic carbocycles. The van der Waals surface area contributed by atoms with Crippen molar-refractivity contribution in [1.29, 1.82) is 0 Å². The number of hydrogen-bond acceptors (Lipinski definition) is 7. The maximum absolute atomic E-state index is 14.4. The van der Waals surface area contributed by atoms with E-state index in [0.29, 0.717) is 32.7 Å². The van der Waals surface area contributed by atoms with Crippen molar-refractivity contribution in [1.82, 2.24) is 0 Å². The molecular weight excluding hydrogens is 643 g/mol. The minimum absolute atomic E-state index is 0.171. The third-order valence-corrected chi connectivity index (χ3v) is 11.2. The van der Waals surface area contributed by atoms with Crippen LogP contribution in [0.25, 0.3) is 0 Å². The van der Waals surface area contributed by atoms with E-state index >= 15 is 0 Å². The van der Waals surface area contributed by atoms with Crippen molar-refractivity contribution in [2.24, 2.45) is 29.6 Å². The number of phenolic OH excluding ortho intramolecular Hbond substituents is 1. The molecule has 2 heterocycles. The number of hydrogen-bond donors (Lipinski definition) is 1. The molecule has 9 nitrogen and oxygen atoms in total. The fourth-order valence-electron chi connectivity index (χ4n) is 8.05. The predicted octanol–water partition coefficient (Wildman–Crippen LogP) is 6.38. The Balaban J connectivity index is 1.38. The number of methoxy groups -OCH3 is 2. The van der Waals surface area contributed by atoms with E-state index in [4.69, 9.17) is 32.7 Å². The van der Waals surface area contributed by atoms with Crippen molar-refractivity contribution >= 4 is 58.2 Å². The van der Waals surface area contributed by atoms with Crippen LogP contribution in [0.15, 0.2) is 60.2 Å². The zero-order valence-corrected chi connectivity index (χ0v) is 27.6. The lowest BCUT2D eigenvalue weighted by molar-refractivity contribution is -0.126. The number of phenols is 1. The first-order valence-corrected chi connectivity index (χ1v) is 16.1. The van der Waals surface area contributed by atoms with Crippen molar-refractivity contribution < 1.29 is 33.8 Å². The third kappa shape index (κ3) is 4.65. The molecule has 2 saturated heterocycles. The van der Waals surface area contributed by atoms with Crippen LogP contribution in [0, 0.1) is 43.4 Å². The molecule has 47 heavy (non-hydrogen) atoms. The number of allylic oxidation sites excluding steroid dienone is 2. The number of benzene rings is 3. The Kier molecular flexibility index (Phi) is 7.60. The molecule has 3 fully saturated rings. The monoisotopic (exact) mass is 674 g/mol. The maximum Gasteiger partial charge on any atom is 0.238 e. The largest absolute Gasteiger partial charge is 0.507 e. The van der Waals surface area contributed by atoms with Crippen LogP contribution in [0.4, 0.5) is 11.4 Å². The molecule has 6 unspecified atom stereocenters. The number of amides is 4. The summed E-state index contributed by atoms with van der Waals surface area (Å²) in [5, 5.41) is 12.3. The van der Waals surface area contributed by atoms with E-state index in [1.807, 2.05) is 19.9 Å². The van der Waals surface area contributed by atoms with E-state index in [1.54, 1.807) is 42.5 Å². The summed E-state index contributed by atoms with van der Waals surface area (Å²) in [7, 11) is 2.91. The van der Waals surface area contributed by atoms with Crippen LogP contribution in [-0.2, 0) is 19.2 Å². The molecule has 1 N–H and O–H groups in total. The molecule has 7 rings (SSSR count). The number of carbonyl (C=O) groups is 4. The molecule has 2 aliphatic carbocycles. The number of anilines is 2. The van der Waals surface area contributed by atoms with Crippen LogP contribution in [0.3, 0.4) is 0 Å². The van der Waals surface area contributed by atoms with Gasteiger partial charge in [-0.05, 0) is 68.0 Å². The Labute approximate surface area is 281 Å². The summed E-state index contributed by atoms with van der Waals surface area (Å²) in [4.78, 5) is 59.2. The first-order valence-electron chi connectivity index (χ1n) is 15.4. The smallest absolute Gasteiger partial charge is 0.238 e. The second-order valence-corrected chi connectivity index (χ2v) is 13.5. The van der Waals surface area contributed by atoms with Gasteiger partial charge in [-0.1, -0.05) is 47.0 Å². The number of fused-ring (bicyclic) bond motifs is 4. The molecule has 4 amide bonds. The first-order chi connectivity index (χ1) is 22.5. The van der Waals surface area contributed by atoms with Gasteiger partial charge in [0, 0.05) is 33.7 Å². The summed E-state index contributed by atoms with van der Waals surface area (Å²) < 4.78 is 11.1. The molecule has 11 heteroatoms. The predicted molar refractivity (Wildman–Crippen MR) is 176 cm³/mol. The molecule has 0 spiro atoms. The summed E-state index contributed by atoms with van der Waals surface area (Å²) in [5.41, 5.74) is 3.39. The lowest BCUT2D eigenvalue weighted by Gasteiger charge is -2.44. The molecular formula is C36H32Cl2N2O7. The average Bonchev–Trinajstić information content (AvgIpc) is 3.46. The van der Waals surface area contributed by atoms with Crippen LogP contribution in [-0.4, -0.2) is 43.0 Å². The quantitative estimate of drug-likeness (QED) is 0.247. The highest BCUT2D eigenvalue weighted by Crippen LogP contribution is 2.61. The lowest BCUT2D eigenvalue weighted by Crippen LogP contribution is -2.43. The van der Waals surface area contributed by atoms with Crippen molar-refractivity contribution in [3.05, 3.63) is 86.9 Å². The minimum atomic E-state index is -0.908. The molecule has 0 aromatic heterocycles. The Bertz CT molecular complexity index is 1920. The Morgan fingerprint density at radius 3 is 1.85 bits per heavy atom. The molecule has 2 aliphatic heterocycles. The fraction of sp³-hybridized carbons (Fsp3) is 0.333. The first kappa shape index (κ1) is 31.3. The number of imide groups is 2. The normalized spacial score (nSPS) is 26.6. The van der Waals surface area contributed by atoms with Gasteiger partial charge in [0.25, 0.3) is 0 Å². The number of carbonyl (C=O) groups excluding carboxylic acids is 4. The summed E-state index contributed by atoms with van der Waals surface area (Å²) in [6.45, 7) is 3.67. The van der Waals surface area contributed by atoms with Crippen LogP contribution in [0.5, 0.6) is 17.2 Å². The Morgan fingerprint density at radius 1 is 0.723 bits per heavy atom. The molecule has 3 aromatic rings. The number of nitrogens with zero attached hydrogens (tertiary/aromatic N) is 2. The highest BCUT2D eigenvalue weighted by Gasteiger charge is 2.63. The molecule has 0 radical (unpaired) electrons. The summed E-state index contributed by atoms with van der Waals surface area (Å²) in [6.07, 6.45) is 2.34. The van der Waals surface area contributed by atoms with Gasteiger partial charge in [-0.15, -0.1) is 0 Å². The van der Waals surface area contributed by atoms with Gasteiger partial charge in [0.1, 0.15) is 17.2 Å². The van der Waals surface area contributed by atoms with Gasteiger partial charge in [-0.3, -0.25) is 19.2 Å². The molecule has 1 saturated carbocycles. The van der Waals surface area contributed by atoms with Crippen molar-refractivity contribution in [3.63, 3.8) is 0 Å². The van der Waals surface area contributed by atoms with Gasteiger partial charge < -0.3 is 14.6 Å². The third-order valence-electron chi connectivity index (χ3n) is 10.3. The van der Waals surface area contributed by atoms with Crippen LogP contribution >= 0.6 is 23.2 Å². The molecule has 242 valence electrons. The molecule has 6 atom stereocenters. The second kappa shape index (κ2) is 11.4. The van der Waals surface area contributed by atoms with Crippen LogP contribution in [0.1, 0.15) is 35.4 Å². The number of halogens is 2. The standard InChI is InChI=1S/C36H32Cl2N2O7/c1-16-5-7-18(11-25(16)37)39-33(42)22-10-9-21-23(29(22)35(39)44)15-24-31(30(21)32-27(41)13-20(46-3)14-28(32)47-4)36(45)40(34(24)43)19-8-6-17(2)26(38)12-19/h5-9,11-14,22-24,29-31,41H,10,15H2,1-4H3. The number of ether oxygens (including phenoxy) is 2. The van der Waals surface area contributed by atoms with Gasteiger partial charge in [0.15, 0.2) is 0 Å². The zero-order chi connectivity index (χ0) is 33.5. The fourth-order valence-corrected chi connectivity index (χ4v) is 8.40. The van der Waals surface area contributed by atoms with E-state index in [-0.39, 0.29) is 36.2 Å². The van der Waals surface area contributed by atoms with E-state index in [9.17, 15) is 24.3 Å². The second-order valence-electron chi connectivity index (χ2n) is 12.7. The van der Waals surface area contributed by atoms with Crippen LogP contribution in [0.2, 0.25) is 10.0 Å². The van der Waals surface area contributed by atoms with Gasteiger partial charge in [0.2, 0.25) is 23.6 Å². The maximum atomic E-state index is 14.4. The highest BCUT2D eigenvalue weighted by molar-refractivity contribution is 6.33. The van der Waals surface area contributed by atoms with Gasteiger partial charge in [0.05, 0.1) is 49.3 Å². The lowest BCUT2D eigenvalue weighted by atomic mass is 9.57. The van der Waals surface area contributed by atoms with E-state index in [0.717, 1.165) is 21.6 Å². The van der Waals surface area contributed by atoms with Gasteiger partial charge in [-0.2, -0.15) is 0 Å². The summed E-state index contributed by atoms with van der Waals surface area (Å²) >= 11 is 12.8. The number of rotatable bonds is 5. The number of aryl methyl sites for hydroxylation is 2. The van der Waals surface area contributed by atoms with E-state index in [2.05, 4.69) is 0 Å². The average molecular weight is 676 g/mol. The van der Waals surface area contributed by atoms with Gasteiger partial charge in [-0.25, -0.2) is 9.80 Å². The van der Waals surface area contributed by atoms with Crippen molar-refractivity contribution in [3.8, 4) is 17.2 Å². The van der Waals surface area contributed by atoms with Crippen LogP contribution < -0.4 is 19.3 Å². The molecule has 0 bridgehead atoms. The Hall–Kier alpha value is -4.34.